The Morgan fingerprint density at radius 1 is 0.667 bits per heavy atom. The summed E-state index contributed by atoms with van der Waals surface area (Å²) in [7, 11) is 8.39. The average molecular weight is 596 g/mol. The molecule has 0 fully saturated rings. The van der Waals surface area contributed by atoms with Gasteiger partial charge in [-0.25, -0.2) is 0 Å². The molecule has 0 aliphatic heterocycles. The van der Waals surface area contributed by atoms with Gasteiger partial charge in [0.2, 0.25) is 5.91 Å². The molecule has 0 spiro atoms. The number of carbonyl (C=O) groups excluding carboxylic acids is 2. The van der Waals surface area contributed by atoms with Gasteiger partial charge in [-0.1, -0.05) is 78.6 Å². The molecule has 2 atom stereocenters. The smallest absolute Gasteiger partial charge is 0.223 e. The maximum Gasteiger partial charge on any atom is 0.223 e. The molecular formula is C35H73N5O2. The van der Waals surface area contributed by atoms with Crippen molar-refractivity contribution >= 4 is 11.7 Å². The summed E-state index contributed by atoms with van der Waals surface area (Å²) in [4.78, 5) is 30.9. The molecule has 0 saturated heterocycles. The topological polar surface area (TPSA) is 90.7 Å². The van der Waals surface area contributed by atoms with E-state index in [4.69, 9.17) is 5.73 Å². The van der Waals surface area contributed by atoms with Gasteiger partial charge in [0, 0.05) is 24.8 Å². The summed E-state index contributed by atoms with van der Waals surface area (Å²) >= 11 is 0. The predicted octanol–water partition coefficient (Wildman–Crippen LogP) is 6.40. The molecular weight excluding hydrogens is 522 g/mol. The van der Waals surface area contributed by atoms with Crippen LogP contribution in [0.25, 0.3) is 0 Å². The van der Waals surface area contributed by atoms with Gasteiger partial charge in [-0.3, -0.25) is 9.59 Å². The third-order valence-corrected chi connectivity index (χ3v) is 8.33. The highest BCUT2D eigenvalue weighted by Crippen LogP contribution is 2.25. The number of unbranched alkanes of at least 4 members (excludes halogenated alkanes) is 10. The molecule has 250 valence electrons. The molecule has 42 heavy (non-hydrogen) atoms. The zero-order chi connectivity index (χ0) is 31.6. The van der Waals surface area contributed by atoms with E-state index in [-0.39, 0.29) is 29.1 Å². The zero-order valence-corrected chi connectivity index (χ0v) is 29.2. The molecule has 0 aromatic rings. The van der Waals surface area contributed by atoms with Crippen LogP contribution in [0.1, 0.15) is 136 Å². The third-order valence-electron chi connectivity index (χ3n) is 8.33. The Kier molecular flexibility index (Phi) is 25.7. The van der Waals surface area contributed by atoms with E-state index in [1.54, 1.807) is 0 Å². The Bertz CT molecular complexity index is 648. The summed E-state index contributed by atoms with van der Waals surface area (Å²) in [6.45, 7) is 11.7. The van der Waals surface area contributed by atoms with Crippen LogP contribution in [0.3, 0.4) is 0 Å². The summed E-state index contributed by atoms with van der Waals surface area (Å²) in [6, 6.07) is 0.129. The summed E-state index contributed by atoms with van der Waals surface area (Å²) in [5, 5.41) is 6.85. The van der Waals surface area contributed by atoms with Crippen LogP contribution in [0, 0.1) is 11.3 Å². The number of Topliss-reactive ketones (excluding diaryl/α,β-unsaturated/α-hetero) is 1. The van der Waals surface area contributed by atoms with Gasteiger partial charge < -0.3 is 26.2 Å². The third kappa shape index (κ3) is 25.5. The van der Waals surface area contributed by atoms with Crippen molar-refractivity contribution in [3.8, 4) is 0 Å². The van der Waals surface area contributed by atoms with E-state index in [0.29, 0.717) is 12.8 Å². The Morgan fingerprint density at radius 2 is 1.17 bits per heavy atom. The molecule has 7 heteroatoms. The Hall–Kier alpha value is -1.02. The van der Waals surface area contributed by atoms with Gasteiger partial charge in [-0.15, -0.1) is 0 Å². The van der Waals surface area contributed by atoms with Crippen LogP contribution in [-0.2, 0) is 9.59 Å². The summed E-state index contributed by atoms with van der Waals surface area (Å²) in [6.07, 6.45) is 19.2. The number of nitrogens with two attached hydrogens (primary N) is 1. The lowest BCUT2D eigenvalue weighted by atomic mass is 9.83. The number of hydrogen-bond donors (Lipinski definition) is 3. The van der Waals surface area contributed by atoms with Crippen LogP contribution < -0.4 is 16.4 Å². The molecule has 0 heterocycles. The minimum Gasteiger partial charge on any atom is -0.353 e. The fraction of sp³-hybridized carbons (Fsp3) is 0.943. The SMILES string of the molecule is CN(C)CCCCC(CC(=O)CCCCCCCCCCCNCCCN)C(=O)NC(CCCCN(C)C)C(C)(C)C. The maximum absolute atomic E-state index is 13.5. The first kappa shape index (κ1) is 41.0. The number of amides is 1. The molecule has 0 aliphatic carbocycles. The van der Waals surface area contributed by atoms with Crippen molar-refractivity contribution in [3.63, 3.8) is 0 Å². The van der Waals surface area contributed by atoms with Crippen LogP contribution in [0.2, 0.25) is 0 Å². The van der Waals surface area contributed by atoms with Gasteiger partial charge in [0.25, 0.3) is 0 Å². The number of ketones is 1. The molecule has 0 rings (SSSR count). The highest BCUT2D eigenvalue weighted by atomic mass is 16.2. The van der Waals surface area contributed by atoms with Crippen molar-refractivity contribution in [2.75, 3.05) is 60.9 Å². The standard InChI is InChI=1S/C35H73N5O2/c1-35(2,3)33(24-17-20-29-40(6)7)38-34(42)31(22-16-19-28-39(4)5)30-32(41)23-15-13-11-9-8-10-12-14-18-26-37-27-21-25-36/h31,33,37H,8-30,36H2,1-7H3,(H,38,42). The zero-order valence-electron chi connectivity index (χ0n) is 29.2. The highest BCUT2D eigenvalue weighted by molar-refractivity contribution is 5.87. The largest absolute Gasteiger partial charge is 0.353 e. The van der Waals surface area contributed by atoms with Crippen LogP contribution in [-0.4, -0.2) is 88.4 Å². The quantitative estimate of drug-likeness (QED) is 0.0868. The summed E-state index contributed by atoms with van der Waals surface area (Å²) in [5.41, 5.74) is 5.51. The van der Waals surface area contributed by atoms with Gasteiger partial charge in [0.1, 0.15) is 5.78 Å². The van der Waals surface area contributed by atoms with Gasteiger partial charge in [-0.2, -0.15) is 0 Å². The summed E-state index contributed by atoms with van der Waals surface area (Å²) in [5.74, 6) is 0.148. The van der Waals surface area contributed by atoms with E-state index in [1.165, 1.54) is 44.9 Å². The second-order valence-electron chi connectivity index (χ2n) is 14.3. The van der Waals surface area contributed by atoms with E-state index >= 15 is 0 Å². The minimum atomic E-state index is -0.206. The van der Waals surface area contributed by atoms with Crippen molar-refractivity contribution in [2.24, 2.45) is 17.1 Å². The second-order valence-corrected chi connectivity index (χ2v) is 14.3. The average Bonchev–Trinajstić information content (AvgIpc) is 2.91. The first-order chi connectivity index (χ1) is 20.0. The maximum atomic E-state index is 13.5. The first-order valence-electron chi connectivity index (χ1n) is 17.5. The van der Waals surface area contributed by atoms with E-state index in [9.17, 15) is 9.59 Å². The lowest BCUT2D eigenvalue weighted by Crippen LogP contribution is -2.46. The molecule has 0 saturated carbocycles. The number of carbonyl (C=O) groups is 2. The monoisotopic (exact) mass is 596 g/mol. The molecule has 7 nitrogen and oxygen atoms in total. The van der Waals surface area contributed by atoms with Gasteiger partial charge >= 0.3 is 0 Å². The Labute approximate surface area is 261 Å². The van der Waals surface area contributed by atoms with Crippen molar-refractivity contribution in [3.05, 3.63) is 0 Å². The molecule has 4 N–H and O–H groups in total. The molecule has 0 aromatic heterocycles. The lowest BCUT2D eigenvalue weighted by molar-refractivity contribution is -0.131. The van der Waals surface area contributed by atoms with E-state index < -0.39 is 0 Å². The number of nitrogens with zero attached hydrogens (tertiary/aromatic N) is 2. The fourth-order valence-corrected chi connectivity index (χ4v) is 5.47. The van der Waals surface area contributed by atoms with E-state index in [1.807, 2.05) is 0 Å². The number of hydrogen-bond acceptors (Lipinski definition) is 6. The lowest BCUT2D eigenvalue weighted by Gasteiger charge is -2.33. The van der Waals surface area contributed by atoms with E-state index in [0.717, 1.165) is 90.5 Å². The fourth-order valence-electron chi connectivity index (χ4n) is 5.47. The van der Waals surface area contributed by atoms with Crippen molar-refractivity contribution in [1.82, 2.24) is 20.4 Å². The predicted molar refractivity (Wildman–Crippen MR) is 182 cm³/mol. The molecule has 0 radical (unpaired) electrons. The normalized spacial score (nSPS) is 13.6. The highest BCUT2D eigenvalue weighted by Gasteiger charge is 2.29. The van der Waals surface area contributed by atoms with Crippen molar-refractivity contribution in [2.45, 2.75) is 142 Å². The first-order valence-corrected chi connectivity index (χ1v) is 17.5. The second kappa shape index (κ2) is 26.4. The summed E-state index contributed by atoms with van der Waals surface area (Å²) < 4.78 is 0. The molecule has 0 aliphatic rings. The molecule has 1 amide bonds. The number of rotatable bonds is 29. The van der Waals surface area contributed by atoms with Crippen LogP contribution in [0.15, 0.2) is 0 Å². The van der Waals surface area contributed by atoms with Crippen LogP contribution in [0.4, 0.5) is 0 Å². The molecule has 2 unspecified atom stereocenters. The molecule has 0 bridgehead atoms. The van der Waals surface area contributed by atoms with Crippen molar-refractivity contribution < 1.29 is 9.59 Å². The van der Waals surface area contributed by atoms with Gasteiger partial charge in [0.05, 0.1) is 0 Å². The Morgan fingerprint density at radius 3 is 1.69 bits per heavy atom. The minimum absolute atomic E-state index is 0.00506. The Balaban J connectivity index is 4.49. The number of nitrogens with one attached hydrogen (secondary N) is 2. The van der Waals surface area contributed by atoms with E-state index in [2.05, 4.69) is 69.4 Å². The van der Waals surface area contributed by atoms with Gasteiger partial charge in [0.15, 0.2) is 0 Å². The van der Waals surface area contributed by atoms with Crippen LogP contribution >= 0.6 is 0 Å². The van der Waals surface area contributed by atoms with Crippen molar-refractivity contribution in [1.29, 1.82) is 0 Å². The molecule has 0 aromatic carbocycles. The van der Waals surface area contributed by atoms with Crippen LogP contribution in [0.5, 0.6) is 0 Å². The van der Waals surface area contributed by atoms with Gasteiger partial charge in [-0.05, 0) is 111 Å².